The molecule has 1 aromatic carbocycles. The van der Waals surface area contributed by atoms with E-state index >= 15 is 0 Å². The zero-order valence-corrected chi connectivity index (χ0v) is 12.9. The van der Waals surface area contributed by atoms with Crippen molar-refractivity contribution in [2.75, 3.05) is 7.11 Å². The SMILES string of the molecule is COC(C)(C)CC(=O)Cc1nc(-c2ccccc2)cs1. The van der Waals surface area contributed by atoms with E-state index in [0.717, 1.165) is 16.3 Å². The summed E-state index contributed by atoms with van der Waals surface area (Å²) < 4.78 is 5.28. The number of carbonyl (C=O) groups is 1. The molecule has 0 atom stereocenters. The summed E-state index contributed by atoms with van der Waals surface area (Å²) in [7, 11) is 1.63. The number of hydrogen-bond acceptors (Lipinski definition) is 4. The zero-order chi connectivity index (χ0) is 14.6. The van der Waals surface area contributed by atoms with Gasteiger partial charge in [0, 0.05) is 24.5 Å². The smallest absolute Gasteiger partial charge is 0.142 e. The van der Waals surface area contributed by atoms with Gasteiger partial charge in [0.25, 0.3) is 0 Å². The highest BCUT2D eigenvalue weighted by Crippen LogP contribution is 2.23. The Balaban J connectivity index is 2.02. The number of Topliss-reactive ketones (excluding diaryl/α,β-unsaturated/α-hetero) is 1. The lowest BCUT2D eigenvalue weighted by Crippen LogP contribution is -2.27. The van der Waals surface area contributed by atoms with Crippen LogP contribution in [0.3, 0.4) is 0 Å². The van der Waals surface area contributed by atoms with Gasteiger partial charge in [-0.05, 0) is 13.8 Å². The van der Waals surface area contributed by atoms with Crippen molar-refractivity contribution in [1.82, 2.24) is 4.98 Å². The summed E-state index contributed by atoms with van der Waals surface area (Å²) >= 11 is 1.53. The van der Waals surface area contributed by atoms with Crippen LogP contribution in [0.2, 0.25) is 0 Å². The summed E-state index contributed by atoms with van der Waals surface area (Å²) in [6, 6.07) is 10.00. The van der Waals surface area contributed by atoms with E-state index in [1.807, 2.05) is 49.6 Å². The first-order valence-electron chi connectivity index (χ1n) is 6.57. The molecule has 4 heteroatoms. The molecule has 0 radical (unpaired) electrons. The second kappa shape index (κ2) is 6.29. The summed E-state index contributed by atoms with van der Waals surface area (Å²) in [6.45, 7) is 3.84. The van der Waals surface area contributed by atoms with Gasteiger partial charge in [0.1, 0.15) is 10.8 Å². The van der Waals surface area contributed by atoms with Crippen LogP contribution >= 0.6 is 11.3 Å². The maximum atomic E-state index is 12.0. The van der Waals surface area contributed by atoms with Crippen molar-refractivity contribution in [1.29, 1.82) is 0 Å². The summed E-state index contributed by atoms with van der Waals surface area (Å²) in [6.07, 6.45) is 0.786. The molecule has 1 aromatic heterocycles. The molecule has 2 aromatic rings. The van der Waals surface area contributed by atoms with Gasteiger partial charge in [0.15, 0.2) is 0 Å². The molecule has 0 aliphatic heterocycles. The van der Waals surface area contributed by atoms with Crippen molar-refractivity contribution >= 4 is 17.1 Å². The Labute approximate surface area is 123 Å². The minimum absolute atomic E-state index is 0.158. The Kier molecular flexibility index (Phi) is 4.68. The average molecular weight is 289 g/mol. The van der Waals surface area contributed by atoms with Crippen LogP contribution in [-0.2, 0) is 16.0 Å². The van der Waals surface area contributed by atoms with Gasteiger partial charge in [0.2, 0.25) is 0 Å². The van der Waals surface area contributed by atoms with Gasteiger partial charge in [-0.15, -0.1) is 11.3 Å². The van der Waals surface area contributed by atoms with Crippen LogP contribution in [0.4, 0.5) is 0 Å². The number of thiazole rings is 1. The van der Waals surface area contributed by atoms with Crippen LogP contribution in [0, 0.1) is 0 Å². The van der Waals surface area contributed by atoms with Gasteiger partial charge < -0.3 is 4.74 Å². The summed E-state index contributed by atoms with van der Waals surface area (Å²) in [4.78, 5) is 16.6. The van der Waals surface area contributed by atoms with Crippen LogP contribution in [0.1, 0.15) is 25.3 Å². The number of ketones is 1. The molecule has 20 heavy (non-hydrogen) atoms. The van der Waals surface area contributed by atoms with Crippen LogP contribution in [-0.4, -0.2) is 23.5 Å². The zero-order valence-electron chi connectivity index (χ0n) is 12.1. The van der Waals surface area contributed by atoms with E-state index in [2.05, 4.69) is 4.98 Å². The van der Waals surface area contributed by atoms with Gasteiger partial charge in [-0.1, -0.05) is 30.3 Å². The Morgan fingerprint density at radius 2 is 2.00 bits per heavy atom. The average Bonchev–Trinajstić information content (AvgIpc) is 2.87. The first-order valence-corrected chi connectivity index (χ1v) is 7.45. The fraction of sp³-hybridized carbons (Fsp3) is 0.375. The van der Waals surface area contributed by atoms with Gasteiger partial charge >= 0.3 is 0 Å². The van der Waals surface area contributed by atoms with Gasteiger partial charge in [0.05, 0.1) is 17.7 Å². The number of hydrogen-bond donors (Lipinski definition) is 0. The normalized spacial score (nSPS) is 11.6. The maximum absolute atomic E-state index is 12.0. The monoisotopic (exact) mass is 289 g/mol. The second-order valence-electron chi connectivity index (χ2n) is 5.35. The third-order valence-electron chi connectivity index (χ3n) is 3.15. The fourth-order valence-electron chi connectivity index (χ4n) is 1.91. The Hall–Kier alpha value is -1.52. The molecular weight excluding hydrogens is 270 g/mol. The first kappa shape index (κ1) is 14.9. The molecule has 0 unspecified atom stereocenters. The number of methoxy groups -OCH3 is 1. The van der Waals surface area contributed by atoms with Gasteiger partial charge in [-0.3, -0.25) is 4.79 Å². The number of ether oxygens (including phenoxy) is 1. The third-order valence-corrected chi connectivity index (χ3v) is 3.99. The molecule has 3 nitrogen and oxygen atoms in total. The van der Waals surface area contributed by atoms with Crippen molar-refractivity contribution in [2.45, 2.75) is 32.3 Å². The lowest BCUT2D eigenvalue weighted by Gasteiger charge is -2.21. The molecule has 0 spiro atoms. The van der Waals surface area contributed by atoms with E-state index in [-0.39, 0.29) is 5.78 Å². The fourth-order valence-corrected chi connectivity index (χ4v) is 2.74. The standard InChI is InChI=1S/C16H19NO2S/c1-16(2,19-3)10-13(18)9-15-17-14(11-20-15)12-7-5-4-6-8-12/h4-8,11H,9-10H2,1-3H3. The van der Waals surface area contributed by atoms with E-state index in [1.165, 1.54) is 11.3 Å². The van der Waals surface area contributed by atoms with E-state index in [4.69, 9.17) is 4.74 Å². The van der Waals surface area contributed by atoms with Crippen LogP contribution in [0.15, 0.2) is 35.7 Å². The first-order chi connectivity index (χ1) is 9.50. The summed E-state index contributed by atoms with van der Waals surface area (Å²) in [5.74, 6) is 0.158. The molecule has 0 fully saturated rings. The topological polar surface area (TPSA) is 39.2 Å². The van der Waals surface area contributed by atoms with Crippen molar-refractivity contribution in [3.63, 3.8) is 0 Å². The largest absolute Gasteiger partial charge is 0.378 e. The number of benzene rings is 1. The molecule has 0 saturated carbocycles. The van der Waals surface area contributed by atoms with Crippen molar-refractivity contribution in [2.24, 2.45) is 0 Å². The molecular formula is C16H19NO2S. The quantitative estimate of drug-likeness (QED) is 0.813. The second-order valence-corrected chi connectivity index (χ2v) is 6.29. The van der Waals surface area contributed by atoms with Crippen LogP contribution in [0.5, 0.6) is 0 Å². The van der Waals surface area contributed by atoms with E-state index in [1.54, 1.807) is 7.11 Å². The number of aromatic nitrogens is 1. The highest BCUT2D eigenvalue weighted by atomic mass is 32.1. The van der Waals surface area contributed by atoms with Gasteiger partial charge in [-0.2, -0.15) is 0 Å². The van der Waals surface area contributed by atoms with E-state index < -0.39 is 5.60 Å². The Morgan fingerprint density at radius 1 is 1.30 bits per heavy atom. The third kappa shape index (κ3) is 3.99. The molecule has 0 bridgehead atoms. The Morgan fingerprint density at radius 3 is 2.65 bits per heavy atom. The molecule has 2 rings (SSSR count). The minimum Gasteiger partial charge on any atom is -0.378 e. The molecule has 0 saturated heterocycles. The molecule has 0 amide bonds. The van der Waals surface area contributed by atoms with E-state index in [9.17, 15) is 4.79 Å². The minimum atomic E-state index is -0.406. The van der Waals surface area contributed by atoms with Crippen LogP contribution < -0.4 is 0 Å². The molecule has 0 aliphatic carbocycles. The predicted octanol–water partition coefficient (Wildman–Crippen LogP) is 3.74. The lowest BCUT2D eigenvalue weighted by molar-refractivity contribution is -0.123. The molecule has 0 N–H and O–H groups in total. The predicted molar refractivity (Wildman–Crippen MR) is 82.0 cm³/mol. The number of carbonyl (C=O) groups excluding carboxylic acids is 1. The maximum Gasteiger partial charge on any atom is 0.142 e. The summed E-state index contributed by atoms with van der Waals surface area (Å²) in [5.41, 5.74) is 1.61. The lowest BCUT2D eigenvalue weighted by atomic mass is 10.0. The van der Waals surface area contributed by atoms with Crippen molar-refractivity contribution in [3.05, 3.63) is 40.7 Å². The summed E-state index contributed by atoms with van der Waals surface area (Å²) in [5, 5.41) is 2.86. The molecule has 1 heterocycles. The molecule has 106 valence electrons. The van der Waals surface area contributed by atoms with Crippen molar-refractivity contribution < 1.29 is 9.53 Å². The van der Waals surface area contributed by atoms with Crippen LogP contribution in [0.25, 0.3) is 11.3 Å². The Bertz CT molecular complexity index is 575. The van der Waals surface area contributed by atoms with E-state index in [0.29, 0.717) is 12.8 Å². The van der Waals surface area contributed by atoms with Crippen molar-refractivity contribution in [3.8, 4) is 11.3 Å². The number of nitrogens with zero attached hydrogens (tertiary/aromatic N) is 1. The van der Waals surface area contributed by atoms with Gasteiger partial charge in [-0.25, -0.2) is 4.98 Å². The highest BCUT2D eigenvalue weighted by Gasteiger charge is 2.21. The number of rotatable bonds is 6. The highest BCUT2D eigenvalue weighted by molar-refractivity contribution is 7.10. The molecule has 0 aliphatic rings.